The lowest BCUT2D eigenvalue weighted by Crippen LogP contribution is -2.17. The fourth-order valence-corrected chi connectivity index (χ4v) is 3.57. The Hall–Kier alpha value is -1.87. The molecule has 0 radical (unpaired) electrons. The Labute approximate surface area is 160 Å². The van der Waals surface area contributed by atoms with Gasteiger partial charge in [-0.25, -0.2) is 14.6 Å². The molecule has 1 atom stereocenters. The standard InChI is InChI=1S/C16H13BrClF3N4O/c1-8(7-10-3-5-11(6-4-10)26-16(19,20)21)25-15-12(13(17)24-25)14(18)22-9(2)23-15/h3-6,8H,7H2,1-2H3. The maximum absolute atomic E-state index is 12.2. The average Bonchev–Trinajstić information content (AvgIpc) is 2.85. The molecule has 2 aromatic heterocycles. The summed E-state index contributed by atoms with van der Waals surface area (Å²) in [5.74, 6) is 0.272. The third kappa shape index (κ3) is 4.09. The van der Waals surface area contributed by atoms with E-state index in [1.54, 1.807) is 23.7 Å². The van der Waals surface area contributed by atoms with Crippen molar-refractivity contribution in [2.75, 3.05) is 0 Å². The van der Waals surface area contributed by atoms with Crippen LogP contribution in [0.3, 0.4) is 0 Å². The summed E-state index contributed by atoms with van der Waals surface area (Å²) in [6.07, 6.45) is -4.16. The Morgan fingerprint density at radius 3 is 2.50 bits per heavy atom. The molecule has 1 aromatic carbocycles. The zero-order chi connectivity index (χ0) is 19.1. The summed E-state index contributed by atoms with van der Waals surface area (Å²) in [7, 11) is 0. The Balaban J connectivity index is 1.84. The normalized spacial score (nSPS) is 13.2. The van der Waals surface area contributed by atoms with Gasteiger partial charge in [-0.15, -0.1) is 13.2 Å². The van der Waals surface area contributed by atoms with Crippen molar-refractivity contribution < 1.29 is 17.9 Å². The van der Waals surface area contributed by atoms with Crippen molar-refractivity contribution in [2.24, 2.45) is 0 Å². The Morgan fingerprint density at radius 1 is 1.23 bits per heavy atom. The van der Waals surface area contributed by atoms with Crippen molar-refractivity contribution >= 4 is 38.6 Å². The fraction of sp³-hybridized carbons (Fsp3) is 0.312. The monoisotopic (exact) mass is 448 g/mol. The number of ether oxygens (including phenoxy) is 1. The van der Waals surface area contributed by atoms with Crippen molar-refractivity contribution in [3.8, 4) is 5.75 Å². The third-order valence-electron chi connectivity index (χ3n) is 3.68. The van der Waals surface area contributed by atoms with Crippen molar-refractivity contribution in [1.82, 2.24) is 19.7 Å². The van der Waals surface area contributed by atoms with Crippen LogP contribution in [0.2, 0.25) is 5.15 Å². The van der Waals surface area contributed by atoms with Crippen LogP contribution in [-0.4, -0.2) is 26.1 Å². The van der Waals surface area contributed by atoms with Crippen LogP contribution in [0.4, 0.5) is 13.2 Å². The SMILES string of the molecule is Cc1nc(Cl)c2c(Br)nn(C(C)Cc3ccc(OC(F)(F)F)cc3)c2n1. The molecule has 0 aliphatic heterocycles. The number of aromatic nitrogens is 4. The van der Waals surface area contributed by atoms with E-state index in [9.17, 15) is 13.2 Å². The second-order valence-electron chi connectivity index (χ2n) is 5.74. The van der Waals surface area contributed by atoms with Crippen LogP contribution in [0, 0.1) is 6.92 Å². The van der Waals surface area contributed by atoms with E-state index in [0.29, 0.717) is 33.0 Å². The highest BCUT2D eigenvalue weighted by Gasteiger charge is 2.31. The van der Waals surface area contributed by atoms with Gasteiger partial charge in [-0.2, -0.15) is 5.10 Å². The van der Waals surface area contributed by atoms with Gasteiger partial charge >= 0.3 is 6.36 Å². The highest BCUT2D eigenvalue weighted by molar-refractivity contribution is 9.10. The molecule has 138 valence electrons. The summed E-state index contributed by atoms with van der Waals surface area (Å²) in [4.78, 5) is 8.53. The predicted molar refractivity (Wildman–Crippen MR) is 94.3 cm³/mol. The Kier molecular flexibility index (Phi) is 5.12. The van der Waals surface area contributed by atoms with Gasteiger partial charge in [-0.1, -0.05) is 23.7 Å². The van der Waals surface area contributed by atoms with E-state index in [1.807, 2.05) is 6.92 Å². The molecule has 0 bridgehead atoms. The number of aryl methyl sites for hydroxylation is 1. The Bertz CT molecular complexity index is 943. The highest BCUT2D eigenvalue weighted by atomic mass is 79.9. The lowest BCUT2D eigenvalue weighted by molar-refractivity contribution is -0.274. The summed E-state index contributed by atoms with van der Waals surface area (Å²) < 4.78 is 42.8. The average molecular weight is 450 g/mol. The van der Waals surface area contributed by atoms with E-state index in [-0.39, 0.29) is 11.8 Å². The second kappa shape index (κ2) is 7.03. The van der Waals surface area contributed by atoms with Crippen molar-refractivity contribution in [2.45, 2.75) is 32.7 Å². The van der Waals surface area contributed by atoms with Crippen molar-refractivity contribution in [1.29, 1.82) is 0 Å². The molecule has 5 nitrogen and oxygen atoms in total. The lowest BCUT2D eigenvalue weighted by atomic mass is 10.1. The maximum Gasteiger partial charge on any atom is 0.573 e. The molecule has 26 heavy (non-hydrogen) atoms. The highest BCUT2D eigenvalue weighted by Crippen LogP contribution is 2.31. The lowest BCUT2D eigenvalue weighted by Gasteiger charge is -2.14. The molecule has 0 aliphatic rings. The molecule has 0 saturated heterocycles. The zero-order valence-corrected chi connectivity index (χ0v) is 16.0. The fourth-order valence-electron chi connectivity index (χ4n) is 2.62. The number of nitrogens with zero attached hydrogens (tertiary/aromatic N) is 4. The summed E-state index contributed by atoms with van der Waals surface area (Å²) in [5, 5.41) is 5.36. The molecular formula is C16H13BrClF3N4O. The summed E-state index contributed by atoms with van der Waals surface area (Å²) in [6, 6.07) is 5.64. The minimum Gasteiger partial charge on any atom is -0.406 e. The number of fused-ring (bicyclic) bond motifs is 1. The van der Waals surface area contributed by atoms with E-state index in [4.69, 9.17) is 11.6 Å². The molecule has 0 fully saturated rings. The van der Waals surface area contributed by atoms with E-state index >= 15 is 0 Å². The molecule has 10 heteroatoms. The smallest absolute Gasteiger partial charge is 0.406 e. The summed E-state index contributed by atoms with van der Waals surface area (Å²) in [5.41, 5.74) is 1.43. The number of benzene rings is 1. The molecule has 3 rings (SSSR count). The quantitative estimate of drug-likeness (QED) is 0.510. The van der Waals surface area contributed by atoms with Crippen molar-refractivity contribution in [3.63, 3.8) is 0 Å². The second-order valence-corrected chi connectivity index (χ2v) is 6.85. The first-order chi connectivity index (χ1) is 12.1. The van der Waals surface area contributed by atoms with E-state index in [2.05, 4.69) is 35.7 Å². The maximum atomic E-state index is 12.2. The van der Waals surface area contributed by atoms with Gasteiger partial charge < -0.3 is 4.74 Å². The minimum absolute atomic E-state index is 0.108. The molecule has 0 saturated carbocycles. The number of hydrogen-bond donors (Lipinski definition) is 0. The molecule has 0 aliphatic carbocycles. The topological polar surface area (TPSA) is 52.8 Å². The third-order valence-corrected chi connectivity index (χ3v) is 4.51. The van der Waals surface area contributed by atoms with Gasteiger partial charge in [0.25, 0.3) is 0 Å². The van der Waals surface area contributed by atoms with Gasteiger partial charge in [-0.3, -0.25) is 0 Å². The molecular weight excluding hydrogens is 437 g/mol. The van der Waals surface area contributed by atoms with Gasteiger partial charge in [0.2, 0.25) is 0 Å². The molecule has 2 heterocycles. The zero-order valence-electron chi connectivity index (χ0n) is 13.7. The number of rotatable bonds is 4. The summed E-state index contributed by atoms with van der Waals surface area (Å²) in [6.45, 7) is 3.67. The summed E-state index contributed by atoms with van der Waals surface area (Å²) >= 11 is 9.54. The number of halogens is 5. The predicted octanol–water partition coefficient (Wildman–Crippen LogP) is 5.25. The number of hydrogen-bond acceptors (Lipinski definition) is 4. The van der Waals surface area contributed by atoms with Gasteiger partial charge in [0.1, 0.15) is 21.3 Å². The van der Waals surface area contributed by atoms with Gasteiger partial charge in [0.05, 0.1) is 11.4 Å². The van der Waals surface area contributed by atoms with Crippen LogP contribution in [0.5, 0.6) is 5.75 Å². The van der Waals surface area contributed by atoms with Crippen LogP contribution in [0.15, 0.2) is 28.9 Å². The van der Waals surface area contributed by atoms with Gasteiger partial charge in [0.15, 0.2) is 5.65 Å². The van der Waals surface area contributed by atoms with Gasteiger partial charge in [-0.05, 0) is 53.9 Å². The molecule has 3 aromatic rings. The van der Waals surface area contributed by atoms with Crippen LogP contribution in [0.25, 0.3) is 11.0 Å². The molecule has 0 N–H and O–H groups in total. The largest absolute Gasteiger partial charge is 0.573 e. The minimum atomic E-state index is -4.70. The molecule has 0 amide bonds. The van der Waals surface area contributed by atoms with Crippen molar-refractivity contribution in [3.05, 3.63) is 45.4 Å². The van der Waals surface area contributed by atoms with Gasteiger partial charge in [0, 0.05) is 0 Å². The first-order valence-electron chi connectivity index (χ1n) is 7.56. The van der Waals surface area contributed by atoms with Crippen LogP contribution in [-0.2, 0) is 6.42 Å². The Morgan fingerprint density at radius 2 is 1.88 bits per heavy atom. The first-order valence-corrected chi connectivity index (χ1v) is 8.73. The van der Waals surface area contributed by atoms with Crippen LogP contribution in [0.1, 0.15) is 24.4 Å². The first kappa shape index (κ1) is 18.9. The van der Waals surface area contributed by atoms with Crippen LogP contribution >= 0.6 is 27.5 Å². The van der Waals surface area contributed by atoms with E-state index in [0.717, 1.165) is 5.56 Å². The van der Waals surface area contributed by atoms with E-state index < -0.39 is 6.36 Å². The van der Waals surface area contributed by atoms with Crippen LogP contribution < -0.4 is 4.74 Å². The molecule has 0 spiro atoms. The molecule has 1 unspecified atom stereocenters. The number of alkyl halides is 3. The van der Waals surface area contributed by atoms with E-state index in [1.165, 1.54) is 12.1 Å².